The Balaban J connectivity index is 2.36. The number of aliphatic hydroxyl groups is 6. The first kappa shape index (κ1) is 48.2. The predicted molar refractivity (Wildman–Crippen MR) is 204 cm³/mol. The molecule has 0 saturated carbocycles. The Kier molecular flexibility index (Phi) is 30.8. The second kappa shape index (κ2) is 32.6. The van der Waals surface area contributed by atoms with Gasteiger partial charge in [0.2, 0.25) is 5.91 Å². The smallest absolute Gasteiger partial charge is 0.220 e. The van der Waals surface area contributed by atoms with Crippen molar-refractivity contribution in [1.82, 2.24) is 5.32 Å². The van der Waals surface area contributed by atoms with E-state index in [0.29, 0.717) is 6.42 Å². The molecule has 1 heterocycles. The molecular formula is C41H81NO9. The van der Waals surface area contributed by atoms with Gasteiger partial charge >= 0.3 is 0 Å². The average molecular weight is 732 g/mol. The summed E-state index contributed by atoms with van der Waals surface area (Å²) in [6, 6.07) is -0.982. The molecule has 1 aliphatic rings. The predicted octanol–water partition coefficient (Wildman–Crippen LogP) is 6.97. The van der Waals surface area contributed by atoms with Crippen LogP contribution in [0.3, 0.4) is 0 Å². The molecule has 304 valence electrons. The number of aliphatic hydroxyl groups excluding tert-OH is 6. The SMILES string of the molecule is CCCCCCCCCCCCCCCCCCCCC(=O)N[C@@H](CO[C@@H]1O[C@H](CO)[C@H](O)C(O)C1O)[C@H](O)[C@H](O)CCCCCCCCCC. The molecule has 1 saturated heterocycles. The van der Waals surface area contributed by atoms with Crippen molar-refractivity contribution in [1.29, 1.82) is 0 Å². The van der Waals surface area contributed by atoms with Gasteiger partial charge in [-0.15, -0.1) is 0 Å². The van der Waals surface area contributed by atoms with E-state index >= 15 is 0 Å². The molecule has 7 N–H and O–H groups in total. The number of unbranched alkanes of at least 4 members (excludes halogenated alkanes) is 24. The van der Waals surface area contributed by atoms with Crippen molar-refractivity contribution in [2.45, 2.75) is 243 Å². The molecule has 0 aromatic rings. The highest BCUT2D eigenvalue weighted by Gasteiger charge is 2.44. The second-order valence-corrected chi connectivity index (χ2v) is 15.3. The van der Waals surface area contributed by atoms with Crippen LogP contribution in [0, 0.1) is 0 Å². The Morgan fingerprint density at radius 1 is 0.608 bits per heavy atom. The summed E-state index contributed by atoms with van der Waals surface area (Å²) in [5.74, 6) is -0.257. The van der Waals surface area contributed by atoms with Gasteiger partial charge in [-0.25, -0.2) is 0 Å². The van der Waals surface area contributed by atoms with Crippen molar-refractivity contribution in [2.75, 3.05) is 13.2 Å². The van der Waals surface area contributed by atoms with Gasteiger partial charge in [-0.1, -0.05) is 174 Å². The van der Waals surface area contributed by atoms with E-state index in [9.17, 15) is 35.4 Å². The lowest BCUT2D eigenvalue weighted by molar-refractivity contribution is -0.303. The first-order valence-corrected chi connectivity index (χ1v) is 21.3. The molecule has 2 unspecified atom stereocenters. The zero-order chi connectivity index (χ0) is 37.5. The molecule has 0 aromatic carbocycles. The molecule has 10 heteroatoms. The highest BCUT2D eigenvalue weighted by molar-refractivity contribution is 5.76. The van der Waals surface area contributed by atoms with Crippen LogP contribution in [0.5, 0.6) is 0 Å². The van der Waals surface area contributed by atoms with E-state index in [-0.39, 0.29) is 18.9 Å². The Morgan fingerprint density at radius 3 is 1.45 bits per heavy atom. The first-order chi connectivity index (χ1) is 24.8. The second-order valence-electron chi connectivity index (χ2n) is 15.3. The zero-order valence-electron chi connectivity index (χ0n) is 32.7. The quantitative estimate of drug-likeness (QED) is 0.0341. The van der Waals surface area contributed by atoms with Crippen molar-refractivity contribution < 1.29 is 44.9 Å². The van der Waals surface area contributed by atoms with E-state index in [1.165, 1.54) is 122 Å². The third-order valence-corrected chi connectivity index (χ3v) is 10.6. The van der Waals surface area contributed by atoms with E-state index in [1.54, 1.807) is 0 Å². The number of hydrogen-bond acceptors (Lipinski definition) is 9. The maximum atomic E-state index is 12.9. The number of hydrogen-bond donors (Lipinski definition) is 7. The molecule has 0 spiro atoms. The van der Waals surface area contributed by atoms with E-state index in [4.69, 9.17) is 9.47 Å². The fourth-order valence-corrected chi connectivity index (χ4v) is 7.02. The van der Waals surface area contributed by atoms with E-state index in [2.05, 4.69) is 19.2 Å². The summed E-state index contributed by atoms with van der Waals surface area (Å²) in [6.07, 6.45) is 22.7. The molecule has 0 aliphatic carbocycles. The van der Waals surface area contributed by atoms with Crippen molar-refractivity contribution in [3.05, 3.63) is 0 Å². The van der Waals surface area contributed by atoms with Crippen LogP contribution in [-0.2, 0) is 14.3 Å². The van der Waals surface area contributed by atoms with E-state index in [1.807, 2.05) is 0 Å². The van der Waals surface area contributed by atoms with Crippen molar-refractivity contribution >= 4 is 5.91 Å². The van der Waals surface area contributed by atoms with Crippen LogP contribution < -0.4 is 5.32 Å². The number of carbonyl (C=O) groups excluding carboxylic acids is 1. The van der Waals surface area contributed by atoms with Gasteiger partial charge < -0.3 is 45.4 Å². The summed E-state index contributed by atoms with van der Waals surface area (Å²) < 4.78 is 11.1. The van der Waals surface area contributed by atoms with Crippen molar-refractivity contribution in [3.8, 4) is 0 Å². The summed E-state index contributed by atoms with van der Waals surface area (Å²) in [7, 11) is 0. The van der Waals surface area contributed by atoms with Crippen LogP contribution >= 0.6 is 0 Å². The molecule has 51 heavy (non-hydrogen) atoms. The largest absolute Gasteiger partial charge is 0.394 e. The highest BCUT2D eigenvalue weighted by Crippen LogP contribution is 2.23. The standard InChI is InChI=1S/C41H81NO9/c1-3-5-7-9-11-13-14-15-16-17-18-19-20-21-22-24-26-28-30-36(45)42-33(32-50-41-40(49)39(48)38(47)35(31-43)51-41)37(46)34(44)29-27-25-23-12-10-8-6-4-2/h33-35,37-41,43-44,46-49H,3-32H2,1-2H3,(H,42,45)/t33-,34+,35+,37-,38-,39?,40?,41+/m0/s1. The number of amides is 1. The molecule has 0 radical (unpaired) electrons. The van der Waals surface area contributed by atoms with Crippen LogP contribution in [-0.4, -0.2) is 98.7 Å². The number of ether oxygens (including phenoxy) is 2. The topological polar surface area (TPSA) is 169 Å². The minimum atomic E-state index is -1.60. The van der Waals surface area contributed by atoms with Gasteiger partial charge in [0.05, 0.1) is 25.4 Å². The van der Waals surface area contributed by atoms with Gasteiger partial charge in [0, 0.05) is 6.42 Å². The summed E-state index contributed by atoms with van der Waals surface area (Å²) in [4.78, 5) is 12.9. The van der Waals surface area contributed by atoms with E-state index < -0.39 is 55.6 Å². The Bertz CT molecular complexity index is 788. The molecule has 8 atom stereocenters. The lowest BCUT2D eigenvalue weighted by Crippen LogP contribution is -2.60. The molecule has 1 amide bonds. The monoisotopic (exact) mass is 732 g/mol. The lowest BCUT2D eigenvalue weighted by atomic mass is 9.98. The number of nitrogens with one attached hydrogen (secondary N) is 1. The molecular weight excluding hydrogens is 650 g/mol. The third kappa shape index (κ3) is 23.5. The van der Waals surface area contributed by atoms with Gasteiger partial charge in [0.25, 0.3) is 0 Å². The highest BCUT2D eigenvalue weighted by atomic mass is 16.7. The molecule has 1 fully saturated rings. The van der Waals surface area contributed by atoms with Crippen LogP contribution in [0.15, 0.2) is 0 Å². The molecule has 1 aliphatic heterocycles. The average Bonchev–Trinajstić information content (AvgIpc) is 3.13. The third-order valence-electron chi connectivity index (χ3n) is 10.6. The van der Waals surface area contributed by atoms with Crippen LogP contribution in [0.2, 0.25) is 0 Å². The minimum Gasteiger partial charge on any atom is -0.394 e. The Hall–Kier alpha value is -0.850. The number of rotatable bonds is 35. The fourth-order valence-electron chi connectivity index (χ4n) is 7.02. The summed E-state index contributed by atoms with van der Waals surface area (Å²) in [5.41, 5.74) is 0. The van der Waals surface area contributed by atoms with Crippen LogP contribution in [0.25, 0.3) is 0 Å². The van der Waals surface area contributed by atoms with Gasteiger partial charge in [0.1, 0.15) is 30.5 Å². The maximum absolute atomic E-state index is 12.9. The molecule has 0 bridgehead atoms. The summed E-state index contributed by atoms with van der Waals surface area (Å²) in [6.45, 7) is 3.57. The molecule has 0 aromatic heterocycles. The lowest BCUT2D eigenvalue weighted by Gasteiger charge is -2.40. The fraction of sp³-hybridized carbons (Fsp3) is 0.976. The molecule has 1 rings (SSSR count). The Labute approximate surface area is 311 Å². The van der Waals surface area contributed by atoms with Crippen LogP contribution in [0.4, 0.5) is 0 Å². The van der Waals surface area contributed by atoms with Crippen LogP contribution in [0.1, 0.15) is 194 Å². The van der Waals surface area contributed by atoms with Gasteiger partial charge in [-0.05, 0) is 12.8 Å². The normalized spacial score (nSPS) is 22.5. The maximum Gasteiger partial charge on any atom is 0.220 e. The minimum absolute atomic E-state index is 0.257. The summed E-state index contributed by atoms with van der Waals surface area (Å²) >= 11 is 0. The Morgan fingerprint density at radius 2 is 1.02 bits per heavy atom. The van der Waals surface area contributed by atoms with Crippen molar-refractivity contribution in [3.63, 3.8) is 0 Å². The number of carbonyl (C=O) groups is 1. The van der Waals surface area contributed by atoms with Gasteiger partial charge in [-0.3, -0.25) is 4.79 Å². The first-order valence-electron chi connectivity index (χ1n) is 21.3. The summed E-state index contributed by atoms with van der Waals surface area (Å²) in [5, 5.41) is 64.8. The van der Waals surface area contributed by atoms with Crippen molar-refractivity contribution in [2.24, 2.45) is 0 Å². The van der Waals surface area contributed by atoms with Gasteiger partial charge in [0.15, 0.2) is 6.29 Å². The van der Waals surface area contributed by atoms with Gasteiger partial charge in [-0.2, -0.15) is 0 Å². The zero-order valence-corrected chi connectivity index (χ0v) is 32.7. The molecule has 10 nitrogen and oxygen atoms in total. The van der Waals surface area contributed by atoms with E-state index in [0.717, 1.165) is 44.9 Å².